The van der Waals surface area contributed by atoms with Crippen LogP contribution in [-0.2, 0) is 19.4 Å². The number of rotatable bonds is 3. The van der Waals surface area contributed by atoms with E-state index in [0.29, 0.717) is 30.8 Å². The van der Waals surface area contributed by atoms with Crippen LogP contribution in [0.25, 0.3) is 0 Å². The minimum absolute atomic E-state index is 0.0199. The van der Waals surface area contributed by atoms with Crippen LogP contribution in [0.5, 0.6) is 0 Å². The lowest BCUT2D eigenvalue weighted by molar-refractivity contribution is -0.132. The van der Waals surface area contributed by atoms with Gasteiger partial charge >= 0.3 is 0 Å². The van der Waals surface area contributed by atoms with Crippen molar-refractivity contribution in [3.63, 3.8) is 0 Å². The second-order valence-electron chi connectivity index (χ2n) is 4.43. The summed E-state index contributed by atoms with van der Waals surface area (Å²) in [7, 11) is -3.75. The summed E-state index contributed by atoms with van der Waals surface area (Å²) in [5.41, 5.74) is 5.83. The fourth-order valence-corrected chi connectivity index (χ4v) is 3.83. The molecule has 1 heterocycles. The maximum atomic E-state index is 12.3. The van der Waals surface area contributed by atoms with Gasteiger partial charge in [0.2, 0.25) is 5.91 Å². The summed E-state index contributed by atoms with van der Waals surface area (Å²) in [6.07, 6.45) is 0. The van der Waals surface area contributed by atoms with Crippen LogP contribution in [0.2, 0.25) is 0 Å². The van der Waals surface area contributed by atoms with Crippen molar-refractivity contribution in [3.05, 3.63) is 22.7 Å². The van der Waals surface area contributed by atoms with Crippen LogP contribution in [0.4, 0.5) is 5.69 Å². The summed E-state index contributed by atoms with van der Waals surface area (Å²) in [6.45, 7) is 1.71. The first-order chi connectivity index (χ1) is 9.40. The maximum Gasteiger partial charge on any atom is 0.238 e. The molecule has 0 aromatic heterocycles. The number of hydrogen-bond acceptors (Lipinski definition) is 5. The van der Waals surface area contributed by atoms with E-state index >= 15 is 0 Å². The number of nitrogens with two attached hydrogens (primary N) is 1. The quantitative estimate of drug-likeness (QED) is 0.797. The van der Waals surface area contributed by atoms with Gasteiger partial charge in [0.1, 0.15) is 5.75 Å². The van der Waals surface area contributed by atoms with Gasteiger partial charge in [0, 0.05) is 17.6 Å². The van der Waals surface area contributed by atoms with Gasteiger partial charge in [-0.1, -0.05) is 15.9 Å². The van der Waals surface area contributed by atoms with Crippen LogP contribution in [0.1, 0.15) is 0 Å². The predicted molar refractivity (Wildman–Crippen MR) is 78.0 cm³/mol. The third kappa shape index (κ3) is 3.50. The Kier molecular flexibility index (Phi) is 4.66. The molecule has 0 aliphatic carbocycles. The first kappa shape index (κ1) is 15.3. The Hall–Kier alpha value is -1.12. The number of halogens is 1. The minimum Gasteiger partial charge on any atom is -0.398 e. The van der Waals surface area contributed by atoms with Gasteiger partial charge in [0.15, 0.2) is 9.84 Å². The summed E-state index contributed by atoms with van der Waals surface area (Å²) < 4.78 is 30.3. The van der Waals surface area contributed by atoms with E-state index in [1.165, 1.54) is 17.0 Å². The highest BCUT2D eigenvalue weighted by Crippen LogP contribution is 2.24. The number of hydrogen-bond donors (Lipinski definition) is 1. The molecule has 0 bridgehead atoms. The topological polar surface area (TPSA) is 89.7 Å². The number of ether oxygens (including phenoxy) is 1. The van der Waals surface area contributed by atoms with Crippen molar-refractivity contribution >= 4 is 37.4 Å². The van der Waals surface area contributed by atoms with E-state index in [4.69, 9.17) is 10.5 Å². The van der Waals surface area contributed by atoms with Crippen LogP contribution in [-0.4, -0.2) is 51.3 Å². The number of carbonyl (C=O) groups is 1. The number of amides is 1. The highest BCUT2D eigenvalue weighted by Gasteiger charge is 2.26. The first-order valence-corrected chi connectivity index (χ1v) is 8.48. The van der Waals surface area contributed by atoms with Crippen LogP contribution < -0.4 is 5.73 Å². The van der Waals surface area contributed by atoms with Gasteiger partial charge in [-0.15, -0.1) is 0 Å². The molecule has 0 atom stereocenters. The largest absolute Gasteiger partial charge is 0.398 e. The monoisotopic (exact) mass is 362 g/mol. The summed E-state index contributed by atoms with van der Waals surface area (Å²) >= 11 is 3.20. The van der Waals surface area contributed by atoms with Gasteiger partial charge in [0.25, 0.3) is 0 Å². The molecule has 0 saturated carbocycles. The Bertz CT molecular complexity index is 612. The summed E-state index contributed by atoms with van der Waals surface area (Å²) in [6, 6.07) is 4.56. The molecule has 1 fully saturated rings. The summed E-state index contributed by atoms with van der Waals surface area (Å²) in [5, 5.41) is 0. The van der Waals surface area contributed by atoms with Crippen molar-refractivity contribution in [2.24, 2.45) is 0 Å². The van der Waals surface area contributed by atoms with Crippen molar-refractivity contribution in [1.82, 2.24) is 4.90 Å². The average Bonchev–Trinajstić information content (AvgIpc) is 2.42. The first-order valence-electron chi connectivity index (χ1n) is 6.03. The molecule has 6 nitrogen and oxygen atoms in total. The smallest absolute Gasteiger partial charge is 0.238 e. The Labute approximate surface area is 125 Å². The van der Waals surface area contributed by atoms with Gasteiger partial charge in [-0.3, -0.25) is 4.79 Å². The number of nitrogen functional groups attached to an aromatic ring is 1. The molecule has 0 radical (unpaired) electrons. The third-order valence-corrected chi connectivity index (χ3v) is 5.13. The van der Waals surface area contributed by atoms with Crippen molar-refractivity contribution in [2.45, 2.75) is 4.90 Å². The molecule has 110 valence electrons. The number of benzene rings is 1. The Morgan fingerprint density at radius 3 is 2.65 bits per heavy atom. The lowest BCUT2D eigenvalue weighted by atomic mass is 10.3. The molecular formula is C12H15BrN2O4S. The molecule has 8 heteroatoms. The third-order valence-electron chi connectivity index (χ3n) is 2.99. The van der Waals surface area contributed by atoms with Crippen LogP contribution >= 0.6 is 15.9 Å². The zero-order valence-electron chi connectivity index (χ0n) is 10.7. The van der Waals surface area contributed by atoms with Crippen molar-refractivity contribution in [3.8, 4) is 0 Å². The highest BCUT2D eigenvalue weighted by atomic mass is 79.9. The fraction of sp³-hybridized carbons (Fsp3) is 0.417. The average molecular weight is 363 g/mol. The van der Waals surface area contributed by atoms with E-state index in [1.807, 2.05) is 0 Å². The lowest BCUT2D eigenvalue weighted by Crippen LogP contribution is -2.43. The van der Waals surface area contributed by atoms with Gasteiger partial charge in [-0.2, -0.15) is 0 Å². The summed E-state index contributed by atoms with van der Waals surface area (Å²) in [4.78, 5) is 13.5. The predicted octanol–water partition coefficient (Wildman–Crippen LogP) is 0.664. The molecule has 20 heavy (non-hydrogen) atoms. The van der Waals surface area contributed by atoms with Crippen molar-refractivity contribution in [1.29, 1.82) is 0 Å². The second kappa shape index (κ2) is 6.11. The van der Waals surface area contributed by atoms with Gasteiger partial charge in [0.05, 0.1) is 23.8 Å². The molecule has 0 spiro atoms. The number of carbonyl (C=O) groups excluding carboxylic acids is 1. The molecule has 1 aliphatic rings. The normalized spacial score (nSPS) is 16.1. The van der Waals surface area contributed by atoms with Gasteiger partial charge in [-0.05, 0) is 18.2 Å². The molecule has 2 N–H and O–H groups in total. The highest BCUT2D eigenvalue weighted by molar-refractivity contribution is 9.10. The van der Waals surface area contributed by atoms with Crippen molar-refractivity contribution in [2.75, 3.05) is 37.8 Å². The molecule has 1 aromatic carbocycles. The Morgan fingerprint density at radius 2 is 2.00 bits per heavy atom. The standard InChI is InChI=1S/C12H15BrN2O4S/c13-9-1-2-10(14)11(7-9)20(17,18)8-12(16)15-3-5-19-6-4-15/h1-2,7H,3-6,8,14H2. The number of morpholine rings is 1. The molecule has 1 saturated heterocycles. The van der Waals surface area contributed by atoms with E-state index in [-0.39, 0.29) is 10.6 Å². The molecular weight excluding hydrogens is 348 g/mol. The number of sulfone groups is 1. The number of nitrogens with zero attached hydrogens (tertiary/aromatic N) is 1. The van der Waals surface area contributed by atoms with E-state index < -0.39 is 21.5 Å². The molecule has 1 aliphatic heterocycles. The molecule has 0 unspecified atom stereocenters. The Morgan fingerprint density at radius 1 is 1.35 bits per heavy atom. The van der Waals surface area contributed by atoms with E-state index in [0.717, 1.165) is 0 Å². The summed E-state index contributed by atoms with van der Waals surface area (Å²) in [5.74, 6) is -0.999. The zero-order valence-corrected chi connectivity index (χ0v) is 13.1. The van der Waals surface area contributed by atoms with E-state index in [9.17, 15) is 13.2 Å². The SMILES string of the molecule is Nc1ccc(Br)cc1S(=O)(=O)CC(=O)N1CCOCC1. The van der Waals surface area contributed by atoms with Gasteiger partial charge < -0.3 is 15.4 Å². The van der Waals surface area contributed by atoms with Crippen molar-refractivity contribution < 1.29 is 17.9 Å². The fourth-order valence-electron chi connectivity index (χ4n) is 1.92. The van der Waals surface area contributed by atoms with Crippen LogP contribution in [0.3, 0.4) is 0 Å². The van der Waals surface area contributed by atoms with E-state index in [2.05, 4.69) is 15.9 Å². The second-order valence-corrected chi connectivity index (χ2v) is 7.31. The zero-order chi connectivity index (χ0) is 14.8. The Balaban J connectivity index is 2.18. The van der Waals surface area contributed by atoms with E-state index in [1.54, 1.807) is 6.07 Å². The van der Waals surface area contributed by atoms with Crippen LogP contribution in [0, 0.1) is 0 Å². The molecule has 1 amide bonds. The molecule has 1 aromatic rings. The van der Waals surface area contributed by atoms with Gasteiger partial charge in [-0.25, -0.2) is 8.42 Å². The minimum atomic E-state index is -3.75. The number of anilines is 1. The maximum absolute atomic E-state index is 12.3. The molecule has 2 rings (SSSR count). The van der Waals surface area contributed by atoms with Crippen LogP contribution in [0.15, 0.2) is 27.6 Å². The lowest BCUT2D eigenvalue weighted by Gasteiger charge is -2.26.